The van der Waals surface area contributed by atoms with Crippen LogP contribution < -0.4 is 5.48 Å². The number of likely N-dealkylation sites (N-methyl/N-ethyl adjacent to an activating group) is 1. The van der Waals surface area contributed by atoms with Crippen LogP contribution in [0.2, 0.25) is 0 Å². The second kappa shape index (κ2) is 3.07. The Labute approximate surface area is 73.3 Å². The first kappa shape index (κ1) is 8.08. The number of hydrogen-bond acceptors (Lipinski definition) is 3. The molecule has 0 aromatic rings. The summed E-state index contributed by atoms with van der Waals surface area (Å²) in [7, 11) is 2.19. The van der Waals surface area contributed by atoms with Gasteiger partial charge in [-0.2, -0.15) is 0 Å². The smallest absolute Gasteiger partial charge is 0.0992 e. The van der Waals surface area contributed by atoms with Gasteiger partial charge in [0.15, 0.2) is 0 Å². The second-order valence-electron chi connectivity index (χ2n) is 3.68. The van der Waals surface area contributed by atoms with Gasteiger partial charge in [0, 0.05) is 11.7 Å². The van der Waals surface area contributed by atoms with Crippen molar-refractivity contribution >= 4 is 0 Å². The molecule has 0 saturated carbocycles. The molecule has 0 spiro atoms. The third-order valence-electron chi connectivity index (χ3n) is 2.86. The fourth-order valence-corrected chi connectivity index (χ4v) is 2.09. The number of rotatable bonds is 1. The van der Waals surface area contributed by atoms with Crippen molar-refractivity contribution in [3.8, 4) is 0 Å². The van der Waals surface area contributed by atoms with Crippen molar-refractivity contribution in [3.05, 3.63) is 11.3 Å². The quantitative estimate of drug-likeness (QED) is 0.629. The molecule has 12 heavy (non-hydrogen) atoms. The largest absolute Gasteiger partial charge is 0.300 e. The molecule has 1 fully saturated rings. The van der Waals surface area contributed by atoms with E-state index in [1.54, 1.807) is 0 Å². The first-order valence-corrected chi connectivity index (χ1v) is 4.56. The molecular formula is C9H16N2O. The van der Waals surface area contributed by atoms with Crippen LogP contribution >= 0.6 is 0 Å². The van der Waals surface area contributed by atoms with Gasteiger partial charge in [-0.15, -0.1) is 0 Å². The van der Waals surface area contributed by atoms with E-state index in [4.69, 9.17) is 4.84 Å². The number of likely N-dealkylation sites (tertiary alicyclic amines) is 1. The first-order valence-electron chi connectivity index (χ1n) is 4.56. The molecule has 0 amide bonds. The van der Waals surface area contributed by atoms with E-state index in [0.29, 0.717) is 6.04 Å². The van der Waals surface area contributed by atoms with Crippen LogP contribution in [0.5, 0.6) is 0 Å². The van der Waals surface area contributed by atoms with Crippen molar-refractivity contribution in [2.45, 2.75) is 25.8 Å². The molecule has 3 nitrogen and oxygen atoms in total. The van der Waals surface area contributed by atoms with E-state index < -0.39 is 0 Å². The van der Waals surface area contributed by atoms with Crippen molar-refractivity contribution in [3.63, 3.8) is 0 Å². The van der Waals surface area contributed by atoms with Crippen LogP contribution in [0.3, 0.4) is 0 Å². The van der Waals surface area contributed by atoms with E-state index in [-0.39, 0.29) is 0 Å². The lowest BCUT2D eigenvalue weighted by Crippen LogP contribution is -2.27. The van der Waals surface area contributed by atoms with E-state index in [2.05, 4.69) is 24.4 Å². The van der Waals surface area contributed by atoms with E-state index in [1.807, 2.05) is 0 Å². The second-order valence-corrected chi connectivity index (χ2v) is 3.68. The summed E-state index contributed by atoms with van der Waals surface area (Å²) < 4.78 is 0. The Kier molecular flexibility index (Phi) is 2.07. The molecule has 1 N–H and O–H groups in total. The summed E-state index contributed by atoms with van der Waals surface area (Å²) in [6.07, 6.45) is 2.60. The van der Waals surface area contributed by atoms with Gasteiger partial charge >= 0.3 is 0 Å². The van der Waals surface area contributed by atoms with Gasteiger partial charge < -0.3 is 0 Å². The van der Waals surface area contributed by atoms with Crippen LogP contribution in [0, 0.1) is 0 Å². The first-order chi connectivity index (χ1) is 5.79. The van der Waals surface area contributed by atoms with E-state index in [1.165, 1.54) is 30.7 Å². The van der Waals surface area contributed by atoms with E-state index in [9.17, 15) is 0 Å². The fourth-order valence-electron chi connectivity index (χ4n) is 2.09. The number of hydrogen-bond donors (Lipinski definition) is 1. The van der Waals surface area contributed by atoms with Crippen molar-refractivity contribution in [2.24, 2.45) is 0 Å². The maximum absolute atomic E-state index is 5.18. The summed E-state index contributed by atoms with van der Waals surface area (Å²) in [5, 5.41) is 0. The lowest BCUT2D eigenvalue weighted by Gasteiger charge is -2.19. The number of hydroxylamine groups is 1. The zero-order valence-corrected chi connectivity index (χ0v) is 7.76. The maximum Gasteiger partial charge on any atom is 0.0992 e. The zero-order chi connectivity index (χ0) is 8.55. The Hall–Kier alpha value is -0.540. The maximum atomic E-state index is 5.18. The number of nitrogens with one attached hydrogen (secondary N) is 1. The molecule has 2 rings (SSSR count). The highest BCUT2D eigenvalue weighted by atomic mass is 16.6. The van der Waals surface area contributed by atoms with Gasteiger partial charge in [-0.05, 0) is 38.9 Å². The summed E-state index contributed by atoms with van der Waals surface area (Å²) in [6.45, 7) is 4.08. The normalized spacial score (nSPS) is 31.3. The van der Waals surface area contributed by atoms with Gasteiger partial charge in [-0.3, -0.25) is 15.2 Å². The summed E-state index contributed by atoms with van der Waals surface area (Å²) in [5.74, 6) is 0. The summed E-state index contributed by atoms with van der Waals surface area (Å²) >= 11 is 0. The minimum Gasteiger partial charge on any atom is -0.300 e. The Balaban J connectivity index is 2.12. The highest BCUT2D eigenvalue weighted by molar-refractivity contribution is 5.21. The highest BCUT2D eigenvalue weighted by Gasteiger charge is 2.28. The van der Waals surface area contributed by atoms with Gasteiger partial charge in [-0.25, -0.2) is 0 Å². The number of nitrogens with zero attached hydrogens (tertiary/aromatic N) is 1. The summed E-state index contributed by atoms with van der Waals surface area (Å²) in [6, 6.07) is 0.625. The Bertz CT molecular complexity index is 213. The Morgan fingerprint density at radius 2 is 2.42 bits per heavy atom. The van der Waals surface area contributed by atoms with Crippen molar-refractivity contribution < 1.29 is 4.84 Å². The molecule has 0 aromatic heterocycles. The summed E-state index contributed by atoms with van der Waals surface area (Å²) in [5.41, 5.74) is 5.58. The van der Waals surface area contributed by atoms with Crippen LogP contribution in [-0.2, 0) is 4.84 Å². The molecule has 0 aromatic carbocycles. The molecule has 3 heteroatoms. The monoisotopic (exact) mass is 168 g/mol. The van der Waals surface area contributed by atoms with Gasteiger partial charge in [0.05, 0.1) is 6.61 Å². The molecule has 0 aliphatic carbocycles. The zero-order valence-electron chi connectivity index (χ0n) is 7.76. The minimum absolute atomic E-state index is 0.625. The predicted octanol–water partition coefficient (Wildman–Crippen LogP) is 0.889. The molecule has 68 valence electrons. The average Bonchev–Trinajstić information content (AvgIpc) is 2.59. The van der Waals surface area contributed by atoms with Crippen LogP contribution in [-0.4, -0.2) is 31.1 Å². The fraction of sp³-hybridized carbons (Fsp3) is 0.778. The molecule has 1 atom stereocenters. The third-order valence-corrected chi connectivity index (χ3v) is 2.86. The molecular weight excluding hydrogens is 152 g/mol. The molecule has 0 radical (unpaired) electrons. The van der Waals surface area contributed by atoms with Crippen LogP contribution in [0.25, 0.3) is 0 Å². The van der Waals surface area contributed by atoms with Gasteiger partial charge in [0.25, 0.3) is 0 Å². The lowest BCUT2D eigenvalue weighted by atomic mass is 10.0. The Morgan fingerprint density at radius 1 is 1.58 bits per heavy atom. The molecule has 2 aliphatic rings. The third kappa shape index (κ3) is 1.23. The van der Waals surface area contributed by atoms with Gasteiger partial charge in [-0.1, -0.05) is 0 Å². The highest BCUT2D eigenvalue weighted by Crippen LogP contribution is 2.25. The topological polar surface area (TPSA) is 24.5 Å². The average molecular weight is 168 g/mol. The van der Waals surface area contributed by atoms with Gasteiger partial charge in [0.2, 0.25) is 0 Å². The minimum atomic E-state index is 0.625. The standard InChI is InChI=1S/C9H16N2O/c1-7-8(6-12-10-7)9-4-3-5-11(9)2/h9-10H,3-6H2,1-2H3/t9-/m0/s1. The van der Waals surface area contributed by atoms with E-state index >= 15 is 0 Å². The lowest BCUT2D eigenvalue weighted by molar-refractivity contribution is 0.103. The van der Waals surface area contributed by atoms with Gasteiger partial charge in [0.1, 0.15) is 0 Å². The summed E-state index contributed by atoms with van der Waals surface area (Å²) in [4.78, 5) is 7.59. The molecule has 2 heterocycles. The predicted molar refractivity (Wildman–Crippen MR) is 47.4 cm³/mol. The van der Waals surface area contributed by atoms with Crippen molar-refractivity contribution in [1.82, 2.24) is 10.4 Å². The van der Waals surface area contributed by atoms with Crippen LogP contribution in [0.15, 0.2) is 11.3 Å². The van der Waals surface area contributed by atoms with Crippen LogP contribution in [0.4, 0.5) is 0 Å². The molecule has 2 aliphatic heterocycles. The van der Waals surface area contributed by atoms with Crippen molar-refractivity contribution in [2.75, 3.05) is 20.2 Å². The SMILES string of the molecule is CC1=C([C@@H]2CCCN2C)CON1. The van der Waals surface area contributed by atoms with Crippen LogP contribution in [0.1, 0.15) is 19.8 Å². The number of allylic oxidation sites excluding steroid dienone is 1. The molecule has 1 saturated heterocycles. The Morgan fingerprint density at radius 3 is 2.92 bits per heavy atom. The molecule has 0 bridgehead atoms. The van der Waals surface area contributed by atoms with Crippen molar-refractivity contribution in [1.29, 1.82) is 0 Å². The van der Waals surface area contributed by atoms with E-state index in [0.717, 1.165) is 6.61 Å². The molecule has 0 unspecified atom stereocenters.